The van der Waals surface area contributed by atoms with Crippen LogP contribution in [0.2, 0.25) is 0 Å². The van der Waals surface area contributed by atoms with Gasteiger partial charge in [0.2, 0.25) is 5.91 Å². The van der Waals surface area contributed by atoms with Crippen molar-refractivity contribution in [1.82, 2.24) is 4.98 Å². The van der Waals surface area contributed by atoms with Gasteiger partial charge in [-0.1, -0.05) is 6.07 Å². The van der Waals surface area contributed by atoms with Crippen LogP contribution in [0.25, 0.3) is 0 Å². The van der Waals surface area contributed by atoms with Crippen LogP contribution in [0.4, 0.5) is 5.82 Å². The first-order valence-electron chi connectivity index (χ1n) is 5.75. The van der Waals surface area contributed by atoms with Crippen LogP contribution in [0.1, 0.15) is 12.8 Å². The molecule has 1 aliphatic heterocycles. The maximum absolute atomic E-state index is 11.6. The van der Waals surface area contributed by atoms with Crippen molar-refractivity contribution in [2.75, 3.05) is 25.1 Å². The monoisotopic (exact) mass is 235 g/mol. The van der Waals surface area contributed by atoms with Crippen molar-refractivity contribution in [3.05, 3.63) is 24.4 Å². The summed E-state index contributed by atoms with van der Waals surface area (Å²) in [5.41, 5.74) is 5.01. The van der Waals surface area contributed by atoms with E-state index in [1.165, 1.54) is 0 Å². The number of primary amides is 1. The molecule has 2 rings (SSSR count). The highest BCUT2D eigenvalue weighted by Gasteiger charge is 2.38. The Morgan fingerprint density at radius 2 is 2.24 bits per heavy atom. The van der Waals surface area contributed by atoms with Crippen LogP contribution in [0, 0.1) is 5.41 Å². The number of anilines is 1. The molecule has 0 radical (unpaired) electrons. The maximum atomic E-state index is 11.6. The van der Waals surface area contributed by atoms with Crippen molar-refractivity contribution < 1.29 is 9.53 Å². The van der Waals surface area contributed by atoms with Gasteiger partial charge in [-0.25, -0.2) is 4.98 Å². The van der Waals surface area contributed by atoms with E-state index >= 15 is 0 Å². The lowest BCUT2D eigenvalue weighted by Gasteiger charge is -2.34. The molecule has 1 aromatic heterocycles. The summed E-state index contributed by atoms with van der Waals surface area (Å²) in [7, 11) is 0. The number of pyridine rings is 1. The Bertz CT molecular complexity index is 375. The number of nitrogens with two attached hydrogens (primary N) is 1. The predicted molar refractivity (Wildman–Crippen MR) is 64.4 cm³/mol. The summed E-state index contributed by atoms with van der Waals surface area (Å²) in [6.45, 7) is 1.70. The van der Waals surface area contributed by atoms with Crippen LogP contribution in [0.15, 0.2) is 24.4 Å². The first-order valence-corrected chi connectivity index (χ1v) is 5.75. The molecule has 2 heterocycles. The van der Waals surface area contributed by atoms with Crippen LogP contribution in [0.5, 0.6) is 0 Å². The smallest absolute Gasteiger partial charge is 0.225 e. The molecule has 0 aliphatic carbocycles. The normalized spacial score (nSPS) is 18.6. The van der Waals surface area contributed by atoms with Gasteiger partial charge in [-0.3, -0.25) is 4.79 Å². The molecule has 1 aromatic rings. The lowest BCUT2D eigenvalue weighted by molar-refractivity contribution is -0.132. The Hall–Kier alpha value is -1.62. The predicted octanol–water partition coefficient (Wildman–Crippen LogP) is 0.776. The Balaban J connectivity index is 2.01. The van der Waals surface area contributed by atoms with Gasteiger partial charge in [-0.15, -0.1) is 0 Å². The van der Waals surface area contributed by atoms with E-state index in [-0.39, 0.29) is 5.91 Å². The summed E-state index contributed by atoms with van der Waals surface area (Å²) < 4.78 is 5.28. The van der Waals surface area contributed by atoms with Gasteiger partial charge in [-0.2, -0.15) is 0 Å². The average Bonchev–Trinajstić information content (AvgIpc) is 2.38. The summed E-state index contributed by atoms with van der Waals surface area (Å²) in [5.74, 6) is 0.504. The van der Waals surface area contributed by atoms with E-state index in [0.717, 1.165) is 5.82 Å². The quantitative estimate of drug-likeness (QED) is 0.808. The minimum atomic E-state index is -0.504. The van der Waals surface area contributed by atoms with E-state index in [1.54, 1.807) is 6.20 Å². The summed E-state index contributed by atoms with van der Waals surface area (Å²) in [4.78, 5) is 15.8. The van der Waals surface area contributed by atoms with Crippen molar-refractivity contribution in [2.45, 2.75) is 12.8 Å². The number of nitrogens with zero attached hydrogens (tertiary/aromatic N) is 1. The molecule has 1 aliphatic rings. The highest BCUT2D eigenvalue weighted by molar-refractivity contribution is 5.81. The second-order valence-electron chi connectivity index (χ2n) is 4.33. The first-order chi connectivity index (χ1) is 8.23. The number of rotatable bonds is 4. The minimum absolute atomic E-state index is 0.260. The molecule has 3 N–H and O–H groups in total. The number of carbonyl (C=O) groups is 1. The van der Waals surface area contributed by atoms with Crippen molar-refractivity contribution in [1.29, 1.82) is 0 Å². The molecule has 92 valence electrons. The zero-order valence-corrected chi connectivity index (χ0v) is 9.69. The van der Waals surface area contributed by atoms with Crippen LogP contribution in [-0.2, 0) is 9.53 Å². The van der Waals surface area contributed by atoms with E-state index in [1.807, 2.05) is 18.2 Å². The number of aromatic nitrogens is 1. The molecule has 1 amide bonds. The number of carbonyl (C=O) groups excluding carboxylic acids is 1. The molecule has 0 unspecified atom stereocenters. The summed E-state index contributed by atoms with van der Waals surface area (Å²) in [6.07, 6.45) is 3.05. The number of ether oxygens (including phenoxy) is 1. The lowest BCUT2D eigenvalue weighted by atomic mass is 9.79. The van der Waals surface area contributed by atoms with E-state index in [2.05, 4.69) is 10.3 Å². The number of nitrogens with one attached hydrogen (secondary N) is 1. The molecular formula is C12H17N3O2. The second-order valence-corrected chi connectivity index (χ2v) is 4.33. The second kappa shape index (κ2) is 5.14. The molecule has 5 heteroatoms. The van der Waals surface area contributed by atoms with Crippen molar-refractivity contribution >= 4 is 11.7 Å². The molecule has 1 saturated heterocycles. The summed E-state index contributed by atoms with van der Waals surface area (Å²) in [6, 6.07) is 5.62. The summed E-state index contributed by atoms with van der Waals surface area (Å²) in [5, 5.41) is 3.17. The maximum Gasteiger partial charge on any atom is 0.225 e. The van der Waals surface area contributed by atoms with Crippen LogP contribution in [0.3, 0.4) is 0 Å². The van der Waals surface area contributed by atoms with Gasteiger partial charge in [-0.05, 0) is 25.0 Å². The zero-order chi connectivity index (χ0) is 12.1. The first kappa shape index (κ1) is 11.9. The van der Waals surface area contributed by atoms with E-state index in [4.69, 9.17) is 10.5 Å². The molecule has 5 nitrogen and oxygen atoms in total. The molecule has 17 heavy (non-hydrogen) atoms. The third-order valence-corrected chi connectivity index (χ3v) is 3.25. The fourth-order valence-electron chi connectivity index (χ4n) is 2.00. The molecule has 0 aromatic carbocycles. The molecule has 0 atom stereocenters. The standard InChI is InChI=1S/C12H17N3O2/c13-11(16)12(4-7-17-8-5-12)9-15-10-3-1-2-6-14-10/h1-3,6H,4-5,7-9H2,(H2,13,16)(H,14,15). The third kappa shape index (κ3) is 2.74. The largest absolute Gasteiger partial charge is 0.381 e. The fraction of sp³-hybridized carbons (Fsp3) is 0.500. The summed E-state index contributed by atoms with van der Waals surface area (Å²) >= 11 is 0. The van der Waals surface area contributed by atoms with Gasteiger partial charge in [0.05, 0.1) is 5.41 Å². The van der Waals surface area contributed by atoms with Crippen molar-refractivity contribution in [3.63, 3.8) is 0 Å². The Labute approximate surface area is 100 Å². The van der Waals surface area contributed by atoms with Crippen LogP contribution >= 0.6 is 0 Å². The topological polar surface area (TPSA) is 77.2 Å². The molecular weight excluding hydrogens is 218 g/mol. The van der Waals surface area contributed by atoms with E-state index in [0.29, 0.717) is 32.6 Å². The third-order valence-electron chi connectivity index (χ3n) is 3.25. The number of hydrogen-bond acceptors (Lipinski definition) is 4. The highest BCUT2D eigenvalue weighted by atomic mass is 16.5. The minimum Gasteiger partial charge on any atom is -0.381 e. The highest BCUT2D eigenvalue weighted by Crippen LogP contribution is 2.30. The van der Waals surface area contributed by atoms with Crippen LogP contribution in [-0.4, -0.2) is 30.6 Å². The fourth-order valence-corrected chi connectivity index (χ4v) is 2.00. The van der Waals surface area contributed by atoms with Crippen molar-refractivity contribution in [3.8, 4) is 0 Å². The Morgan fingerprint density at radius 1 is 1.47 bits per heavy atom. The lowest BCUT2D eigenvalue weighted by Crippen LogP contribution is -2.46. The van der Waals surface area contributed by atoms with Crippen LogP contribution < -0.4 is 11.1 Å². The SMILES string of the molecule is NC(=O)C1(CNc2ccccn2)CCOCC1. The van der Waals surface area contributed by atoms with E-state index < -0.39 is 5.41 Å². The van der Waals surface area contributed by atoms with Gasteiger partial charge >= 0.3 is 0 Å². The number of amides is 1. The molecule has 0 bridgehead atoms. The zero-order valence-electron chi connectivity index (χ0n) is 9.69. The molecule has 0 spiro atoms. The van der Waals surface area contributed by atoms with Gasteiger partial charge in [0.15, 0.2) is 0 Å². The molecule has 1 fully saturated rings. The van der Waals surface area contributed by atoms with Gasteiger partial charge in [0, 0.05) is 26.0 Å². The Kier molecular flexibility index (Phi) is 3.58. The Morgan fingerprint density at radius 3 is 2.82 bits per heavy atom. The van der Waals surface area contributed by atoms with Gasteiger partial charge < -0.3 is 15.8 Å². The van der Waals surface area contributed by atoms with Gasteiger partial charge in [0.1, 0.15) is 5.82 Å². The average molecular weight is 235 g/mol. The van der Waals surface area contributed by atoms with Gasteiger partial charge in [0.25, 0.3) is 0 Å². The van der Waals surface area contributed by atoms with E-state index in [9.17, 15) is 4.79 Å². The molecule has 0 saturated carbocycles. The number of hydrogen-bond donors (Lipinski definition) is 2. The van der Waals surface area contributed by atoms with Crippen molar-refractivity contribution in [2.24, 2.45) is 11.1 Å².